The second kappa shape index (κ2) is 9.72. The van der Waals surface area contributed by atoms with E-state index < -0.39 is 0 Å². The molecule has 1 fully saturated rings. The van der Waals surface area contributed by atoms with E-state index in [-0.39, 0.29) is 34.9 Å². The van der Waals surface area contributed by atoms with E-state index in [0.29, 0.717) is 17.3 Å². The van der Waals surface area contributed by atoms with Crippen LogP contribution in [-0.4, -0.2) is 47.3 Å². The number of carbonyl (C=O) groups excluding carboxylic acids is 1. The quantitative estimate of drug-likeness (QED) is 0.494. The maximum absolute atomic E-state index is 13.2. The minimum Gasteiger partial charge on any atom is -0.507 e. The second-order valence-electron chi connectivity index (χ2n) is 11.1. The summed E-state index contributed by atoms with van der Waals surface area (Å²) in [6.45, 7) is 18.6. The number of benzene rings is 1. The lowest BCUT2D eigenvalue weighted by Gasteiger charge is -2.28. The highest BCUT2D eigenvalue weighted by Crippen LogP contribution is 2.39. The first-order valence-corrected chi connectivity index (χ1v) is 11.8. The molecule has 1 aliphatic heterocycles. The Kier molecular flexibility index (Phi) is 7.96. The SMILES string of the molecule is CCC(CC)CNC1CCN(CC(=O)c2cc(C(C)(C)C)c(O)c(C(C)(C)C)c2)C1=N. The molecule has 0 radical (unpaired) electrons. The van der Waals surface area contributed by atoms with Gasteiger partial charge in [0.1, 0.15) is 11.6 Å². The number of phenolic OH excluding ortho intramolecular Hbond substituents is 1. The van der Waals surface area contributed by atoms with Crippen LogP contribution in [0.1, 0.15) is 96.1 Å². The summed E-state index contributed by atoms with van der Waals surface area (Å²) in [5, 5.41) is 23.0. The molecule has 1 aromatic rings. The van der Waals surface area contributed by atoms with E-state index in [1.54, 1.807) is 0 Å². The number of hydrogen-bond donors (Lipinski definition) is 3. The summed E-state index contributed by atoms with van der Waals surface area (Å²) < 4.78 is 0. The highest BCUT2D eigenvalue weighted by Gasteiger charge is 2.31. The van der Waals surface area contributed by atoms with E-state index in [9.17, 15) is 9.90 Å². The van der Waals surface area contributed by atoms with Gasteiger partial charge < -0.3 is 15.3 Å². The van der Waals surface area contributed by atoms with Crippen molar-refractivity contribution in [1.82, 2.24) is 10.2 Å². The Morgan fingerprint density at radius 3 is 2.10 bits per heavy atom. The molecule has 2 rings (SSSR count). The summed E-state index contributed by atoms with van der Waals surface area (Å²) in [6, 6.07) is 3.72. The molecule has 31 heavy (non-hydrogen) atoms. The Labute approximate surface area is 189 Å². The Bertz CT molecular complexity index is 763. The normalized spacial score (nSPS) is 17.6. The van der Waals surface area contributed by atoms with Crippen molar-refractivity contribution in [3.8, 4) is 5.75 Å². The van der Waals surface area contributed by atoms with Crippen LogP contribution in [0.3, 0.4) is 0 Å². The first-order chi connectivity index (χ1) is 14.3. The molecule has 5 heteroatoms. The number of likely N-dealkylation sites (tertiary alicyclic amines) is 1. The van der Waals surface area contributed by atoms with Crippen LogP contribution >= 0.6 is 0 Å². The number of phenols is 1. The first-order valence-electron chi connectivity index (χ1n) is 11.8. The molecule has 5 nitrogen and oxygen atoms in total. The molecule has 0 amide bonds. The number of Topliss-reactive ketones (excluding diaryl/α,β-unsaturated/α-hetero) is 1. The van der Waals surface area contributed by atoms with E-state index in [4.69, 9.17) is 5.41 Å². The fraction of sp³-hybridized carbons (Fsp3) is 0.692. The van der Waals surface area contributed by atoms with Crippen LogP contribution in [0.4, 0.5) is 0 Å². The number of aromatic hydroxyl groups is 1. The third-order valence-corrected chi connectivity index (χ3v) is 6.55. The van der Waals surface area contributed by atoms with Gasteiger partial charge in [0, 0.05) is 23.2 Å². The molecular formula is C26H43N3O2. The first kappa shape index (κ1) is 25.4. The van der Waals surface area contributed by atoms with Crippen molar-refractivity contribution < 1.29 is 9.90 Å². The number of hydrogen-bond acceptors (Lipinski definition) is 4. The molecule has 1 atom stereocenters. The number of nitrogens with one attached hydrogen (secondary N) is 2. The average Bonchev–Trinajstić information content (AvgIpc) is 3.00. The Hall–Kier alpha value is -1.88. The van der Waals surface area contributed by atoms with Crippen LogP contribution < -0.4 is 5.32 Å². The van der Waals surface area contributed by atoms with Gasteiger partial charge in [-0.1, -0.05) is 68.2 Å². The Morgan fingerprint density at radius 1 is 1.13 bits per heavy atom. The van der Waals surface area contributed by atoms with Crippen LogP contribution in [0.5, 0.6) is 5.75 Å². The summed E-state index contributed by atoms with van der Waals surface area (Å²) in [5.74, 6) is 1.44. The Balaban J connectivity index is 2.20. The van der Waals surface area contributed by atoms with E-state index in [2.05, 4.69) is 60.7 Å². The van der Waals surface area contributed by atoms with Crippen LogP contribution in [-0.2, 0) is 10.8 Å². The summed E-state index contributed by atoms with van der Waals surface area (Å²) in [7, 11) is 0. The maximum Gasteiger partial charge on any atom is 0.182 e. The number of ketones is 1. The third kappa shape index (κ3) is 6.09. The molecule has 1 aromatic carbocycles. The molecule has 1 saturated heterocycles. The van der Waals surface area contributed by atoms with E-state index in [1.165, 1.54) is 0 Å². The summed E-state index contributed by atoms with van der Waals surface area (Å²) >= 11 is 0. The van der Waals surface area contributed by atoms with Gasteiger partial charge in [-0.3, -0.25) is 10.2 Å². The molecular weight excluding hydrogens is 386 g/mol. The van der Waals surface area contributed by atoms with Gasteiger partial charge in [-0.25, -0.2) is 0 Å². The summed E-state index contributed by atoms with van der Waals surface area (Å²) in [6.07, 6.45) is 3.14. The van der Waals surface area contributed by atoms with Crippen molar-refractivity contribution >= 4 is 11.6 Å². The highest BCUT2D eigenvalue weighted by atomic mass is 16.3. The molecule has 1 unspecified atom stereocenters. The summed E-state index contributed by atoms with van der Waals surface area (Å²) in [4.78, 5) is 15.1. The molecule has 0 aromatic heterocycles. The molecule has 0 saturated carbocycles. The van der Waals surface area contributed by atoms with Gasteiger partial charge in [-0.15, -0.1) is 0 Å². The lowest BCUT2D eigenvalue weighted by molar-refractivity contribution is 0.0965. The molecule has 0 spiro atoms. The second-order valence-corrected chi connectivity index (χ2v) is 11.1. The van der Waals surface area contributed by atoms with Gasteiger partial charge in [-0.05, 0) is 41.8 Å². The molecule has 3 N–H and O–H groups in total. The van der Waals surface area contributed by atoms with Crippen molar-refractivity contribution in [3.63, 3.8) is 0 Å². The van der Waals surface area contributed by atoms with Gasteiger partial charge >= 0.3 is 0 Å². The molecule has 174 valence electrons. The zero-order valence-electron chi connectivity index (χ0n) is 20.9. The fourth-order valence-electron chi connectivity index (χ4n) is 4.22. The highest BCUT2D eigenvalue weighted by molar-refractivity contribution is 6.01. The molecule has 0 bridgehead atoms. The topological polar surface area (TPSA) is 76.4 Å². The standard InChI is InChI=1S/C26H43N3O2/c1-9-17(10-2)15-28-21-11-12-29(24(21)27)16-22(30)18-13-19(25(3,4)5)23(31)20(14-18)26(6,7)8/h13-14,17,21,27-28,31H,9-12,15-16H2,1-8H3. The summed E-state index contributed by atoms with van der Waals surface area (Å²) in [5.41, 5.74) is 1.67. The van der Waals surface area contributed by atoms with E-state index >= 15 is 0 Å². The van der Waals surface area contributed by atoms with E-state index in [0.717, 1.165) is 43.5 Å². The maximum atomic E-state index is 13.2. The number of amidine groups is 1. The number of rotatable bonds is 8. The van der Waals surface area contributed by atoms with Crippen molar-refractivity contribution in [2.75, 3.05) is 19.6 Å². The van der Waals surface area contributed by atoms with Gasteiger partial charge in [0.2, 0.25) is 0 Å². The lowest BCUT2D eigenvalue weighted by atomic mass is 9.78. The minimum atomic E-state index is -0.273. The largest absolute Gasteiger partial charge is 0.507 e. The predicted molar refractivity (Wildman–Crippen MR) is 130 cm³/mol. The van der Waals surface area contributed by atoms with Gasteiger partial charge in [0.25, 0.3) is 0 Å². The van der Waals surface area contributed by atoms with Crippen molar-refractivity contribution in [1.29, 1.82) is 5.41 Å². The zero-order valence-corrected chi connectivity index (χ0v) is 20.9. The number of nitrogens with zero attached hydrogens (tertiary/aromatic N) is 1. The van der Waals surface area contributed by atoms with E-state index in [1.807, 2.05) is 17.0 Å². The van der Waals surface area contributed by atoms with Crippen LogP contribution in [0.2, 0.25) is 0 Å². The van der Waals surface area contributed by atoms with Crippen LogP contribution in [0.25, 0.3) is 0 Å². The predicted octanol–water partition coefficient (Wildman–Crippen LogP) is 5.25. The Morgan fingerprint density at radius 2 is 1.65 bits per heavy atom. The molecule has 0 aliphatic carbocycles. The van der Waals surface area contributed by atoms with Crippen LogP contribution in [0.15, 0.2) is 12.1 Å². The molecule has 1 heterocycles. The average molecular weight is 430 g/mol. The minimum absolute atomic E-state index is 0.00129. The van der Waals surface area contributed by atoms with Crippen LogP contribution in [0, 0.1) is 11.3 Å². The lowest BCUT2D eigenvalue weighted by Crippen LogP contribution is -2.41. The fourth-order valence-corrected chi connectivity index (χ4v) is 4.22. The van der Waals surface area contributed by atoms with Gasteiger partial charge in [0.05, 0.1) is 12.6 Å². The van der Waals surface area contributed by atoms with Crippen molar-refractivity contribution in [2.24, 2.45) is 5.92 Å². The van der Waals surface area contributed by atoms with Crippen molar-refractivity contribution in [3.05, 3.63) is 28.8 Å². The smallest absolute Gasteiger partial charge is 0.182 e. The monoisotopic (exact) mass is 429 g/mol. The number of carbonyl (C=O) groups is 1. The van der Waals surface area contributed by atoms with Gasteiger partial charge in [-0.2, -0.15) is 0 Å². The van der Waals surface area contributed by atoms with Crippen molar-refractivity contribution in [2.45, 2.75) is 91.5 Å². The molecule has 1 aliphatic rings. The third-order valence-electron chi connectivity index (χ3n) is 6.55. The van der Waals surface area contributed by atoms with Gasteiger partial charge in [0.15, 0.2) is 5.78 Å². The zero-order chi connectivity index (χ0) is 23.6.